The molecule has 0 aliphatic rings. The molecule has 0 bridgehead atoms. The van der Waals surface area contributed by atoms with Gasteiger partial charge in [-0.25, -0.2) is 8.42 Å². The van der Waals surface area contributed by atoms with E-state index in [2.05, 4.69) is 15.6 Å². The number of rotatable bonds is 7. The summed E-state index contributed by atoms with van der Waals surface area (Å²) in [6.07, 6.45) is 3.10. The highest BCUT2D eigenvalue weighted by Crippen LogP contribution is 2.09. The van der Waals surface area contributed by atoms with Crippen LogP contribution in [0.4, 0.5) is 5.69 Å². The van der Waals surface area contributed by atoms with Gasteiger partial charge in [0, 0.05) is 11.8 Å². The predicted molar refractivity (Wildman–Crippen MR) is 111 cm³/mol. The fraction of sp³-hybridized carbons (Fsp3) is 0.0952. The SMILES string of the molecule is Cc1ccc(S(=O)(=O)NNC(=O)c2ccc[n+](CC(=O)Nc3ccccc3)c2)cc1. The Hall–Kier alpha value is -3.56. The average Bonchev–Trinajstić information content (AvgIpc) is 2.73. The molecule has 0 fully saturated rings. The normalized spacial score (nSPS) is 11.0. The van der Waals surface area contributed by atoms with Crippen molar-refractivity contribution in [1.29, 1.82) is 0 Å². The topological polar surface area (TPSA) is 108 Å². The van der Waals surface area contributed by atoms with Gasteiger partial charge in [0.25, 0.3) is 21.8 Å². The number of para-hydroxylation sites is 1. The van der Waals surface area contributed by atoms with Gasteiger partial charge in [0.1, 0.15) is 5.56 Å². The number of nitrogens with one attached hydrogen (secondary N) is 3. The third-order valence-electron chi connectivity index (χ3n) is 4.13. The molecule has 0 spiro atoms. The molecule has 0 saturated heterocycles. The van der Waals surface area contributed by atoms with E-state index in [-0.39, 0.29) is 22.9 Å². The monoisotopic (exact) mass is 425 g/mol. The van der Waals surface area contributed by atoms with Crippen LogP contribution in [0.5, 0.6) is 0 Å². The van der Waals surface area contributed by atoms with Crippen LogP contribution in [0.3, 0.4) is 0 Å². The molecule has 0 aliphatic heterocycles. The summed E-state index contributed by atoms with van der Waals surface area (Å²) >= 11 is 0. The number of aryl methyl sites for hydroxylation is 1. The molecule has 0 radical (unpaired) electrons. The van der Waals surface area contributed by atoms with E-state index in [9.17, 15) is 18.0 Å². The molecule has 2 aromatic carbocycles. The van der Waals surface area contributed by atoms with Gasteiger partial charge in [-0.2, -0.15) is 4.57 Å². The van der Waals surface area contributed by atoms with Crippen LogP contribution in [0.25, 0.3) is 0 Å². The largest absolute Gasteiger partial charge is 0.321 e. The minimum Gasteiger partial charge on any atom is -0.321 e. The van der Waals surface area contributed by atoms with Crippen molar-refractivity contribution in [2.24, 2.45) is 0 Å². The van der Waals surface area contributed by atoms with E-state index in [0.717, 1.165) is 5.56 Å². The van der Waals surface area contributed by atoms with Gasteiger partial charge in [-0.15, -0.1) is 4.83 Å². The van der Waals surface area contributed by atoms with Crippen LogP contribution < -0.4 is 20.1 Å². The van der Waals surface area contributed by atoms with Gasteiger partial charge >= 0.3 is 0 Å². The summed E-state index contributed by atoms with van der Waals surface area (Å²) in [5, 5.41) is 2.75. The van der Waals surface area contributed by atoms with Crippen LogP contribution in [0, 0.1) is 6.92 Å². The van der Waals surface area contributed by atoms with Crippen LogP contribution in [0.2, 0.25) is 0 Å². The Morgan fingerprint density at radius 3 is 2.33 bits per heavy atom. The lowest BCUT2D eigenvalue weighted by Crippen LogP contribution is -2.44. The quantitative estimate of drug-likeness (QED) is 0.394. The minimum absolute atomic E-state index is 0.00882. The molecule has 0 unspecified atom stereocenters. The molecular formula is C21H21N4O4S+. The molecular weight excluding hydrogens is 404 g/mol. The van der Waals surface area contributed by atoms with Crippen molar-refractivity contribution in [3.8, 4) is 0 Å². The van der Waals surface area contributed by atoms with E-state index in [1.807, 2.05) is 25.1 Å². The van der Waals surface area contributed by atoms with Crippen molar-refractivity contribution in [1.82, 2.24) is 10.3 Å². The number of aromatic nitrogens is 1. The highest BCUT2D eigenvalue weighted by atomic mass is 32.2. The molecule has 0 atom stereocenters. The lowest BCUT2D eigenvalue weighted by molar-refractivity contribution is -0.684. The van der Waals surface area contributed by atoms with Crippen molar-refractivity contribution in [3.05, 3.63) is 90.3 Å². The van der Waals surface area contributed by atoms with Gasteiger partial charge < -0.3 is 5.32 Å². The number of sulfonamides is 1. The molecule has 3 rings (SSSR count). The summed E-state index contributed by atoms with van der Waals surface area (Å²) in [4.78, 5) is 26.6. The van der Waals surface area contributed by atoms with Crippen LogP contribution in [0.1, 0.15) is 15.9 Å². The Morgan fingerprint density at radius 2 is 1.63 bits per heavy atom. The first-order valence-electron chi connectivity index (χ1n) is 9.06. The van der Waals surface area contributed by atoms with E-state index < -0.39 is 15.9 Å². The highest BCUT2D eigenvalue weighted by Gasteiger charge is 2.18. The number of hydrogen-bond acceptors (Lipinski definition) is 4. The molecule has 30 heavy (non-hydrogen) atoms. The summed E-state index contributed by atoms with van der Waals surface area (Å²) < 4.78 is 26.1. The first kappa shape index (κ1) is 21.2. The molecule has 0 aliphatic carbocycles. The maximum Gasteiger partial charge on any atom is 0.290 e. The van der Waals surface area contributed by atoms with E-state index in [1.165, 1.54) is 29.0 Å². The zero-order valence-electron chi connectivity index (χ0n) is 16.2. The van der Waals surface area contributed by atoms with Crippen LogP contribution >= 0.6 is 0 Å². The van der Waals surface area contributed by atoms with Gasteiger partial charge in [0.2, 0.25) is 6.54 Å². The summed E-state index contributed by atoms with van der Waals surface area (Å²) in [7, 11) is -3.90. The van der Waals surface area contributed by atoms with Crippen molar-refractivity contribution in [2.45, 2.75) is 18.4 Å². The van der Waals surface area contributed by atoms with Crippen molar-refractivity contribution >= 4 is 27.5 Å². The predicted octanol–water partition coefficient (Wildman–Crippen LogP) is 1.54. The second-order valence-electron chi connectivity index (χ2n) is 6.55. The van der Waals surface area contributed by atoms with E-state index >= 15 is 0 Å². The average molecular weight is 425 g/mol. The number of carbonyl (C=O) groups excluding carboxylic acids is 2. The number of anilines is 1. The van der Waals surface area contributed by atoms with Crippen LogP contribution in [-0.2, 0) is 21.4 Å². The summed E-state index contributed by atoms with van der Waals surface area (Å²) in [6.45, 7) is 1.83. The standard InChI is InChI=1S/C21H20N4O4S/c1-16-9-11-19(12-10-16)30(28,29)24-23-21(27)17-6-5-13-25(14-17)15-20(26)22-18-7-3-2-4-8-18/h2-14,24H,15H2,1H3,(H-,22,23,26,27)/p+1. The number of carbonyl (C=O) groups is 2. The fourth-order valence-corrected chi connectivity index (χ4v) is 3.44. The number of hydrogen-bond donors (Lipinski definition) is 3. The smallest absolute Gasteiger partial charge is 0.290 e. The molecule has 3 N–H and O–H groups in total. The van der Waals surface area contributed by atoms with Crippen molar-refractivity contribution in [2.75, 3.05) is 5.32 Å². The summed E-state index contributed by atoms with van der Waals surface area (Å²) in [5.41, 5.74) is 3.96. The van der Waals surface area contributed by atoms with Crippen molar-refractivity contribution < 1.29 is 22.6 Å². The van der Waals surface area contributed by atoms with Gasteiger partial charge in [0.15, 0.2) is 12.4 Å². The first-order valence-corrected chi connectivity index (χ1v) is 10.5. The van der Waals surface area contributed by atoms with Crippen LogP contribution in [-0.4, -0.2) is 20.2 Å². The number of hydrazine groups is 1. The lowest BCUT2D eigenvalue weighted by Gasteiger charge is -2.08. The Morgan fingerprint density at radius 1 is 0.933 bits per heavy atom. The first-order chi connectivity index (χ1) is 14.3. The third-order valence-corrected chi connectivity index (χ3v) is 5.40. The molecule has 1 aromatic heterocycles. The van der Waals surface area contributed by atoms with E-state index in [0.29, 0.717) is 5.69 Å². The second-order valence-corrected chi connectivity index (χ2v) is 8.23. The molecule has 0 saturated carbocycles. The number of pyridine rings is 1. The highest BCUT2D eigenvalue weighted by molar-refractivity contribution is 7.89. The van der Waals surface area contributed by atoms with Gasteiger partial charge in [0.05, 0.1) is 4.90 Å². The molecule has 1 heterocycles. The van der Waals surface area contributed by atoms with Crippen molar-refractivity contribution in [3.63, 3.8) is 0 Å². The fourth-order valence-electron chi connectivity index (χ4n) is 2.60. The number of nitrogens with zero attached hydrogens (tertiary/aromatic N) is 1. The molecule has 9 heteroatoms. The summed E-state index contributed by atoms with van der Waals surface area (Å²) in [6, 6.07) is 18.3. The maximum atomic E-state index is 12.4. The Kier molecular flexibility index (Phi) is 6.55. The zero-order chi connectivity index (χ0) is 21.6. The third kappa shape index (κ3) is 5.72. The van der Waals surface area contributed by atoms with Gasteiger partial charge in [-0.05, 0) is 37.3 Å². The molecule has 154 valence electrons. The maximum absolute atomic E-state index is 12.4. The Labute approximate surface area is 174 Å². The van der Waals surface area contributed by atoms with E-state index in [4.69, 9.17) is 0 Å². The molecule has 3 aromatic rings. The molecule has 8 nitrogen and oxygen atoms in total. The minimum atomic E-state index is -3.90. The van der Waals surface area contributed by atoms with Gasteiger partial charge in [-0.1, -0.05) is 35.9 Å². The summed E-state index contributed by atoms with van der Waals surface area (Å²) in [5.74, 6) is -0.910. The van der Waals surface area contributed by atoms with Gasteiger partial charge in [-0.3, -0.25) is 15.0 Å². The molecule has 2 amide bonds. The van der Waals surface area contributed by atoms with Crippen LogP contribution in [0.15, 0.2) is 84.0 Å². The second kappa shape index (κ2) is 9.29. The Bertz CT molecular complexity index is 1150. The lowest BCUT2D eigenvalue weighted by atomic mass is 10.2. The number of benzene rings is 2. The van der Waals surface area contributed by atoms with E-state index in [1.54, 1.807) is 36.5 Å². The zero-order valence-corrected chi connectivity index (χ0v) is 17.0. The number of amides is 2. The Balaban J connectivity index is 1.61.